The number of aryl methyl sites for hydroxylation is 1. The van der Waals surface area contributed by atoms with Crippen molar-refractivity contribution in [3.05, 3.63) is 65.2 Å². The minimum absolute atomic E-state index is 0.0459. The molecule has 1 unspecified atom stereocenters. The van der Waals surface area contributed by atoms with Crippen molar-refractivity contribution in [3.8, 4) is 0 Å². The molecular weight excluding hydrogens is 322 g/mol. The van der Waals surface area contributed by atoms with Crippen LogP contribution in [0.2, 0.25) is 0 Å². The fourth-order valence-electron chi connectivity index (χ4n) is 2.19. The van der Waals surface area contributed by atoms with Crippen molar-refractivity contribution in [3.63, 3.8) is 0 Å². The van der Waals surface area contributed by atoms with Crippen LogP contribution in [-0.4, -0.2) is 31.1 Å². The number of rotatable bonds is 5. The van der Waals surface area contributed by atoms with Gasteiger partial charge in [-0.2, -0.15) is 0 Å². The summed E-state index contributed by atoms with van der Waals surface area (Å²) in [5.41, 5.74) is 1.74. The molecule has 25 heavy (non-hydrogen) atoms. The maximum Gasteiger partial charge on any atom is 0.339 e. The van der Waals surface area contributed by atoms with E-state index in [9.17, 15) is 14.4 Å². The predicted molar refractivity (Wildman–Crippen MR) is 92.5 cm³/mol. The summed E-state index contributed by atoms with van der Waals surface area (Å²) in [6, 6.07) is 13.4. The van der Waals surface area contributed by atoms with Crippen LogP contribution in [0, 0.1) is 6.92 Å². The zero-order valence-corrected chi connectivity index (χ0v) is 14.2. The second-order valence-electron chi connectivity index (χ2n) is 5.44. The summed E-state index contributed by atoms with van der Waals surface area (Å²) in [7, 11) is 1.22. The third-order valence-corrected chi connectivity index (χ3v) is 3.49. The molecule has 6 heteroatoms. The normalized spacial score (nSPS) is 11.3. The molecule has 1 atom stereocenters. The van der Waals surface area contributed by atoms with Crippen LogP contribution in [0.25, 0.3) is 0 Å². The highest BCUT2D eigenvalue weighted by Crippen LogP contribution is 2.14. The molecule has 0 aromatic heterocycles. The number of nitrogens with one attached hydrogen (secondary N) is 1. The molecule has 6 nitrogen and oxygen atoms in total. The second kappa shape index (κ2) is 8.10. The lowest BCUT2D eigenvalue weighted by Crippen LogP contribution is -2.30. The topological polar surface area (TPSA) is 81.7 Å². The Morgan fingerprint density at radius 2 is 1.60 bits per heavy atom. The van der Waals surface area contributed by atoms with Crippen LogP contribution in [-0.2, 0) is 14.3 Å². The first-order chi connectivity index (χ1) is 11.9. The third-order valence-electron chi connectivity index (χ3n) is 3.49. The molecule has 0 aliphatic rings. The van der Waals surface area contributed by atoms with Crippen LogP contribution in [0.3, 0.4) is 0 Å². The highest BCUT2D eigenvalue weighted by Gasteiger charge is 2.23. The fourth-order valence-corrected chi connectivity index (χ4v) is 2.19. The van der Waals surface area contributed by atoms with Gasteiger partial charge in [-0.3, -0.25) is 4.79 Å². The number of benzene rings is 2. The minimum Gasteiger partial charge on any atom is -0.465 e. The average Bonchev–Trinajstić information content (AvgIpc) is 2.60. The van der Waals surface area contributed by atoms with Gasteiger partial charge >= 0.3 is 11.9 Å². The van der Waals surface area contributed by atoms with Gasteiger partial charge in [-0.25, -0.2) is 9.59 Å². The maximum absolute atomic E-state index is 12.3. The van der Waals surface area contributed by atoms with E-state index in [1.165, 1.54) is 26.2 Å². The number of carbonyl (C=O) groups excluding carboxylic acids is 3. The first-order valence-corrected chi connectivity index (χ1v) is 7.68. The van der Waals surface area contributed by atoms with Gasteiger partial charge in [0.15, 0.2) is 6.10 Å². The number of anilines is 1. The van der Waals surface area contributed by atoms with E-state index in [1.54, 1.807) is 24.3 Å². The molecule has 0 fully saturated rings. The van der Waals surface area contributed by atoms with Crippen molar-refractivity contribution in [2.45, 2.75) is 20.0 Å². The molecule has 0 aliphatic heterocycles. The summed E-state index contributed by atoms with van der Waals surface area (Å²) < 4.78 is 9.82. The Bertz CT molecular complexity index is 800. The van der Waals surface area contributed by atoms with Gasteiger partial charge < -0.3 is 14.8 Å². The van der Waals surface area contributed by atoms with Gasteiger partial charge in [0.05, 0.1) is 18.2 Å². The molecule has 0 radical (unpaired) electrons. The molecule has 0 aliphatic carbocycles. The number of methoxy groups -OCH3 is 1. The maximum atomic E-state index is 12.3. The number of hydrogen-bond donors (Lipinski definition) is 1. The standard InChI is InChI=1S/C19H19NO5/c1-12-7-6-8-14(11-12)20-17(21)13(2)25-19(23)16-10-5-4-9-15(16)18(22)24-3/h4-11,13H,1-3H3,(H,20,21). The summed E-state index contributed by atoms with van der Waals surface area (Å²) in [6.45, 7) is 3.37. The van der Waals surface area contributed by atoms with Gasteiger partial charge in [0.1, 0.15) is 0 Å². The van der Waals surface area contributed by atoms with E-state index in [4.69, 9.17) is 4.74 Å². The van der Waals surface area contributed by atoms with Crippen molar-refractivity contribution < 1.29 is 23.9 Å². The lowest BCUT2D eigenvalue weighted by Gasteiger charge is -2.15. The molecule has 1 amide bonds. The largest absolute Gasteiger partial charge is 0.465 e. The zero-order chi connectivity index (χ0) is 18.4. The Morgan fingerprint density at radius 1 is 0.960 bits per heavy atom. The number of ether oxygens (including phenoxy) is 2. The molecule has 2 aromatic rings. The van der Waals surface area contributed by atoms with Gasteiger partial charge in [-0.05, 0) is 43.7 Å². The summed E-state index contributed by atoms with van der Waals surface area (Å²) in [5.74, 6) is -1.88. The molecule has 0 spiro atoms. The number of esters is 2. The van der Waals surface area contributed by atoms with E-state index in [0.29, 0.717) is 5.69 Å². The Morgan fingerprint density at radius 3 is 2.20 bits per heavy atom. The van der Waals surface area contributed by atoms with Crippen molar-refractivity contribution >= 4 is 23.5 Å². The Balaban J connectivity index is 2.07. The quantitative estimate of drug-likeness (QED) is 0.846. The highest BCUT2D eigenvalue weighted by atomic mass is 16.5. The van der Waals surface area contributed by atoms with Gasteiger partial charge in [0.25, 0.3) is 5.91 Å². The van der Waals surface area contributed by atoms with Crippen LogP contribution in [0.1, 0.15) is 33.2 Å². The number of hydrogen-bond acceptors (Lipinski definition) is 5. The SMILES string of the molecule is COC(=O)c1ccccc1C(=O)OC(C)C(=O)Nc1cccc(C)c1. The van der Waals surface area contributed by atoms with E-state index >= 15 is 0 Å². The van der Waals surface area contributed by atoms with E-state index in [1.807, 2.05) is 19.1 Å². The lowest BCUT2D eigenvalue weighted by molar-refractivity contribution is -0.123. The number of carbonyl (C=O) groups is 3. The Kier molecular flexibility index (Phi) is 5.89. The lowest BCUT2D eigenvalue weighted by atomic mass is 10.1. The molecule has 2 aromatic carbocycles. The van der Waals surface area contributed by atoms with E-state index in [0.717, 1.165) is 5.56 Å². The van der Waals surface area contributed by atoms with Gasteiger partial charge in [0.2, 0.25) is 0 Å². The molecule has 2 rings (SSSR count). The Hall–Kier alpha value is -3.15. The smallest absolute Gasteiger partial charge is 0.339 e. The summed E-state index contributed by atoms with van der Waals surface area (Å²) >= 11 is 0. The van der Waals surface area contributed by atoms with Crippen LogP contribution in [0.5, 0.6) is 0 Å². The van der Waals surface area contributed by atoms with Gasteiger partial charge in [0, 0.05) is 5.69 Å². The van der Waals surface area contributed by atoms with Crippen LogP contribution in [0.15, 0.2) is 48.5 Å². The summed E-state index contributed by atoms with van der Waals surface area (Å²) in [6.07, 6.45) is -1.03. The van der Waals surface area contributed by atoms with Crippen molar-refractivity contribution in [2.75, 3.05) is 12.4 Å². The molecule has 130 valence electrons. The molecule has 1 N–H and O–H groups in total. The fraction of sp³-hybridized carbons (Fsp3) is 0.211. The van der Waals surface area contributed by atoms with Crippen LogP contribution < -0.4 is 5.32 Å². The number of amides is 1. The summed E-state index contributed by atoms with van der Waals surface area (Å²) in [5, 5.41) is 2.68. The van der Waals surface area contributed by atoms with Crippen molar-refractivity contribution in [2.24, 2.45) is 0 Å². The highest BCUT2D eigenvalue weighted by molar-refractivity contribution is 6.04. The first kappa shape index (κ1) is 18.2. The predicted octanol–water partition coefficient (Wildman–Crippen LogP) is 2.97. The summed E-state index contributed by atoms with van der Waals surface area (Å²) in [4.78, 5) is 36.2. The van der Waals surface area contributed by atoms with Gasteiger partial charge in [-0.1, -0.05) is 24.3 Å². The monoisotopic (exact) mass is 341 g/mol. The molecule has 0 bridgehead atoms. The second-order valence-corrected chi connectivity index (χ2v) is 5.44. The zero-order valence-electron chi connectivity index (χ0n) is 14.2. The first-order valence-electron chi connectivity index (χ1n) is 7.68. The van der Waals surface area contributed by atoms with Crippen LogP contribution in [0.4, 0.5) is 5.69 Å². The minimum atomic E-state index is -1.03. The van der Waals surface area contributed by atoms with E-state index in [-0.39, 0.29) is 11.1 Å². The molecule has 0 heterocycles. The Labute approximate surface area is 145 Å². The average molecular weight is 341 g/mol. The van der Waals surface area contributed by atoms with Crippen molar-refractivity contribution in [1.29, 1.82) is 0 Å². The van der Waals surface area contributed by atoms with E-state index in [2.05, 4.69) is 10.1 Å². The van der Waals surface area contributed by atoms with Crippen molar-refractivity contribution in [1.82, 2.24) is 0 Å². The molecular formula is C19H19NO5. The van der Waals surface area contributed by atoms with Crippen LogP contribution >= 0.6 is 0 Å². The van der Waals surface area contributed by atoms with Gasteiger partial charge in [-0.15, -0.1) is 0 Å². The third kappa shape index (κ3) is 4.67. The molecule has 0 saturated carbocycles. The molecule has 0 saturated heterocycles. The van der Waals surface area contributed by atoms with E-state index < -0.39 is 23.9 Å².